The fourth-order valence-corrected chi connectivity index (χ4v) is 12.4. The fourth-order valence-electron chi connectivity index (χ4n) is 12.4. The maximum Gasteiger partial charge on any atom is 0.336 e. The van der Waals surface area contributed by atoms with E-state index in [-0.39, 0.29) is 45.6 Å². The van der Waals surface area contributed by atoms with Crippen molar-refractivity contribution in [3.8, 4) is 23.0 Å². The summed E-state index contributed by atoms with van der Waals surface area (Å²) in [5.74, 6) is 1.15. The van der Waals surface area contributed by atoms with Crippen LogP contribution in [0.25, 0.3) is 0 Å². The number of hydrogen-bond acceptors (Lipinski definition) is 6. The molecule has 11 rings (SSSR count). The molecule has 3 aromatic carbocycles. The molecule has 0 amide bonds. The van der Waals surface area contributed by atoms with Gasteiger partial charge in [0.1, 0.15) is 23.0 Å². The van der Waals surface area contributed by atoms with E-state index >= 15 is 0 Å². The second kappa shape index (κ2) is 12.4. The lowest BCUT2D eigenvalue weighted by Crippen LogP contribution is -2.45. The predicted molar refractivity (Wildman–Crippen MR) is 187 cm³/mol. The minimum absolute atomic E-state index is 0.0871. The van der Waals surface area contributed by atoms with Crippen molar-refractivity contribution in [3.05, 3.63) is 81.9 Å². The molecule has 0 radical (unpaired) electrons. The van der Waals surface area contributed by atoms with E-state index < -0.39 is 23.9 Å². The summed E-state index contributed by atoms with van der Waals surface area (Å²) in [6, 6.07) is 12.1. The van der Waals surface area contributed by atoms with Gasteiger partial charge in [-0.25, -0.2) is 19.2 Å². The molecule has 0 aromatic heterocycles. The maximum absolute atomic E-state index is 12.3. The molecule has 52 heavy (non-hydrogen) atoms. The van der Waals surface area contributed by atoms with Gasteiger partial charge in [0.05, 0.1) is 22.3 Å². The van der Waals surface area contributed by atoms with Gasteiger partial charge in [-0.3, -0.25) is 0 Å². The molecule has 8 aliphatic carbocycles. The van der Waals surface area contributed by atoms with Crippen molar-refractivity contribution in [1.82, 2.24) is 0 Å². The molecule has 0 atom stereocenters. The van der Waals surface area contributed by atoms with E-state index in [0.29, 0.717) is 47.0 Å². The van der Waals surface area contributed by atoms with E-state index in [1.807, 2.05) is 6.07 Å². The van der Waals surface area contributed by atoms with Crippen LogP contribution in [0.1, 0.15) is 129 Å². The summed E-state index contributed by atoms with van der Waals surface area (Å²) in [7, 11) is 0. The highest BCUT2D eigenvalue weighted by atomic mass is 16.5. The van der Waals surface area contributed by atoms with Crippen LogP contribution in [0.3, 0.4) is 0 Å². The van der Waals surface area contributed by atoms with Crippen molar-refractivity contribution in [2.45, 2.75) is 76.0 Å². The molecule has 0 unspecified atom stereocenters. The van der Waals surface area contributed by atoms with Crippen LogP contribution >= 0.6 is 0 Å². The van der Waals surface area contributed by atoms with Crippen molar-refractivity contribution in [1.29, 1.82) is 0 Å². The van der Waals surface area contributed by atoms with E-state index in [2.05, 4.69) is 6.07 Å². The van der Waals surface area contributed by atoms with Crippen molar-refractivity contribution in [2.24, 2.45) is 47.3 Å². The average Bonchev–Trinajstić information content (AvgIpc) is 3.08. The molecule has 8 bridgehead atoms. The number of carboxylic acids is 4. The second-order valence-corrected chi connectivity index (χ2v) is 16.6. The summed E-state index contributed by atoms with van der Waals surface area (Å²) >= 11 is 0. The summed E-state index contributed by atoms with van der Waals surface area (Å²) in [4.78, 5) is 48.2. The molecule has 0 aliphatic heterocycles. The molecule has 0 heterocycles. The van der Waals surface area contributed by atoms with Gasteiger partial charge in [-0.1, -0.05) is 6.07 Å². The summed E-state index contributed by atoms with van der Waals surface area (Å²) < 4.78 is 13.6. The molecule has 8 fully saturated rings. The van der Waals surface area contributed by atoms with E-state index in [1.165, 1.54) is 74.9 Å². The highest BCUT2D eigenvalue weighted by Crippen LogP contribution is 2.65. The Morgan fingerprint density at radius 3 is 1.29 bits per heavy atom. The molecule has 0 spiro atoms. The number of carbonyl (C=O) groups is 4. The normalized spacial score (nSPS) is 32.1. The fraction of sp³-hybridized carbons (Fsp3) is 0.476. The first-order chi connectivity index (χ1) is 25.0. The van der Waals surface area contributed by atoms with Crippen LogP contribution in [0.2, 0.25) is 0 Å². The lowest BCUT2D eigenvalue weighted by molar-refractivity contribution is -0.00655. The number of rotatable bonds is 10. The standard InChI is InChI=1S/C42H42O10/c43-39(44)29-3-1-27(17-32(29)41(47)48)51-34-6-5-31(35-23-9-19-7-20(11-23)12-24(35)10-19)38(52-28-2-4-30(40(45)46)33(18-28)42(49)50)37(34)36-25-13-21-8-22(15-25)16-26(36)14-21/h1-6,17-26,35-36H,7-16H2,(H,43,44)(H,45,46)(H,47,48)(H,49,50). The molecule has 10 nitrogen and oxygen atoms in total. The van der Waals surface area contributed by atoms with Crippen LogP contribution in [-0.4, -0.2) is 44.3 Å². The molecule has 4 N–H and O–H groups in total. The van der Waals surface area contributed by atoms with Crippen LogP contribution in [0.4, 0.5) is 0 Å². The minimum Gasteiger partial charge on any atom is -0.478 e. The Kier molecular flexibility index (Phi) is 7.86. The zero-order chi connectivity index (χ0) is 36.0. The first kappa shape index (κ1) is 33.0. The number of carboxylic acid groups (broad SMARTS) is 4. The largest absolute Gasteiger partial charge is 0.478 e. The summed E-state index contributed by atoms with van der Waals surface area (Å²) in [6.07, 6.45) is 11.7. The quantitative estimate of drug-likeness (QED) is 0.160. The monoisotopic (exact) mass is 706 g/mol. The van der Waals surface area contributed by atoms with Crippen molar-refractivity contribution < 1.29 is 49.1 Å². The number of aromatic carboxylic acids is 4. The Labute approximate surface area is 300 Å². The van der Waals surface area contributed by atoms with Gasteiger partial charge in [-0.2, -0.15) is 0 Å². The second-order valence-electron chi connectivity index (χ2n) is 16.6. The average molecular weight is 707 g/mol. The van der Waals surface area contributed by atoms with Crippen molar-refractivity contribution in [2.75, 3.05) is 0 Å². The third kappa shape index (κ3) is 5.53. The molecule has 270 valence electrons. The van der Waals surface area contributed by atoms with E-state index in [1.54, 1.807) is 0 Å². The topological polar surface area (TPSA) is 168 Å². The molecular weight excluding hydrogens is 664 g/mol. The van der Waals surface area contributed by atoms with E-state index in [0.717, 1.165) is 48.6 Å². The number of benzene rings is 3. The highest BCUT2D eigenvalue weighted by Gasteiger charge is 2.53. The predicted octanol–water partition coefficient (Wildman–Crippen LogP) is 9.14. The van der Waals surface area contributed by atoms with Gasteiger partial charge in [0, 0.05) is 5.56 Å². The Morgan fingerprint density at radius 2 is 0.865 bits per heavy atom. The van der Waals surface area contributed by atoms with Crippen LogP contribution in [0.15, 0.2) is 48.5 Å². The Bertz CT molecular complexity index is 1960. The molecule has 0 saturated heterocycles. The van der Waals surface area contributed by atoms with Crippen molar-refractivity contribution in [3.63, 3.8) is 0 Å². The lowest BCUT2D eigenvalue weighted by atomic mass is 9.49. The van der Waals surface area contributed by atoms with Gasteiger partial charge < -0.3 is 29.9 Å². The van der Waals surface area contributed by atoms with E-state index in [9.17, 15) is 39.6 Å². The molecule has 8 saturated carbocycles. The Hall–Kier alpha value is -4.86. The summed E-state index contributed by atoms with van der Waals surface area (Å²) in [5.41, 5.74) is 0.599. The molecular formula is C42H42O10. The number of ether oxygens (including phenoxy) is 2. The number of hydrogen-bond donors (Lipinski definition) is 4. The molecule has 8 aliphatic rings. The van der Waals surface area contributed by atoms with Gasteiger partial charge in [0.15, 0.2) is 0 Å². The molecule has 10 heteroatoms. The van der Waals surface area contributed by atoms with E-state index in [4.69, 9.17) is 9.47 Å². The first-order valence-corrected chi connectivity index (χ1v) is 18.7. The first-order valence-electron chi connectivity index (χ1n) is 18.7. The maximum atomic E-state index is 12.3. The Balaban J connectivity index is 1.23. The minimum atomic E-state index is -1.37. The van der Waals surface area contributed by atoms with Crippen molar-refractivity contribution >= 4 is 23.9 Å². The van der Waals surface area contributed by atoms with Crippen LogP contribution in [-0.2, 0) is 0 Å². The SMILES string of the molecule is O=C(O)c1ccc(Oc2ccc(C3C4CC5CC(C4)CC3C5)c(Oc3ccc(C(=O)O)c(C(=O)O)c3)c2C2C3CC4CC(C3)CC2C4)cc1C(=O)O. The van der Waals surface area contributed by atoms with Gasteiger partial charge in [0.25, 0.3) is 0 Å². The highest BCUT2D eigenvalue weighted by molar-refractivity contribution is 6.02. The van der Waals surface area contributed by atoms with Gasteiger partial charge in [-0.05, 0) is 171 Å². The summed E-state index contributed by atoms with van der Waals surface area (Å²) in [6.45, 7) is 0. The third-order valence-corrected chi connectivity index (χ3v) is 13.7. The Morgan fingerprint density at radius 1 is 0.462 bits per heavy atom. The zero-order valence-electron chi connectivity index (χ0n) is 28.7. The zero-order valence-corrected chi connectivity index (χ0v) is 28.7. The van der Waals surface area contributed by atoms with Crippen LogP contribution < -0.4 is 9.47 Å². The summed E-state index contributed by atoms with van der Waals surface area (Å²) in [5, 5.41) is 39.3. The van der Waals surface area contributed by atoms with Gasteiger partial charge in [-0.15, -0.1) is 0 Å². The third-order valence-electron chi connectivity index (χ3n) is 13.7. The molecule has 3 aromatic rings. The van der Waals surface area contributed by atoms with Crippen LogP contribution in [0, 0.1) is 47.3 Å². The van der Waals surface area contributed by atoms with Gasteiger partial charge >= 0.3 is 23.9 Å². The van der Waals surface area contributed by atoms with Gasteiger partial charge in [0.2, 0.25) is 0 Å². The smallest absolute Gasteiger partial charge is 0.336 e. The van der Waals surface area contributed by atoms with Crippen LogP contribution in [0.5, 0.6) is 23.0 Å². The lowest BCUT2D eigenvalue weighted by Gasteiger charge is -2.56.